The van der Waals surface area contributed by atoms with E-state index < -0.39 is 11.7 Å². The van der Waals surface area contributed by atoms with Crippen LogP contribution in [0.5, 0.6) is 0 Å². The molecule has 1 aromatic rings. The minimum Gasteiger partial charge on any atom is -0.325 e. The van der Waals surface area contributed by atoms with Gasteiger partial charge in [0.25, 0.3) is 0 Å². The van der Waals surface area contributed by atoms with Crippen LogP contribution in [0.15, 0.2) is 24.3 Å². The van der Waals surface area contributed by atoms with Crippen LogP contribution in [0.2, 0.25) is 0 Å². The number of alkyl halides is 3. The highest BCUT2D eigenvalue weighted by Crippen LogP contribution is 2.30. The summed E-state index contributed by atoms with van der Waals surface area (Å²) in [4.78, 5) is 14.1. The number of carbonyl (C=O) groups excluding carboxylic acids is 1. The molecule has 3 nitrogen and oxygen atoms in total. The molecule has 2 rings (SSSR count). The molecule has 1 fully saturated rings. The van der Waals surface area contributed by atoms with Gasteiger partial charge in [-0.15, -0.1) is 0 Å². The summed E-state index contributed by atoms with van der Waals surface area (Å²) in [5.41, 5.74) is -0.580. The van der Waals surface area contributed by atoms with Crippen molar-refractivity contribution in [3.05, 3.63) is 29.8 Å². The van der Waals surface area contributed by atoms with E-state index in [0.717, 1.165) is 31.6 Å². The third-order valence-corrected chi connectivity index (χ3v) is 3.79. The number of nitrogens with zero attached hydrogens (tertiary/aromatic N) is 1. The van der Waals surface area contributed by atoms with Gasteiger partial charge in [-0.25, -0.2) is 0 Å². The van der Waals surface area contributed by atoms with Gasteiger partial charge in [-0.3, -0.25) is 9.69 Å². The number of carbonyl (C=O) groups is 1. The molecule has 0 spiro atoms. The van der Waals surface area contributed by atoms with E-state index >= 15 is 0 Å². The van der Waals surface area contributed by atoms with Crippen molar-refractivity contribution < 1.29 is 18.0 Å². The second-order valence-corrected chi connectivity index (χ2v) is 6.27. The van der Waals surface area contributed by atoms with Crippen molar-refractivity contribution in [2.45, 2.75) is 26.4 Å². The van der Waals surface area contributed by atoms with Gasteiger partial charge in [-0.2, -0.15) is 13.2 Å². The lowest BCUT2D eigenvalue weighted by Gasteiger charge is -2.34. The van der Waals surface area contributed by atoms with E-state index in [2.05, 4.69) is 24.1 Å². The third kappa shape index (κ3) is 4.73. The van der Waals surface area contributed by atoms with Crippen molar-refractivity contribution in [3.63, 3.8) is 0 Å². The van der Waals surface area contributed by atoms with E-state index in [9.17, 15) is 18.0 Å². The summed E-state index contributed by atoms with van der Waals surface area (Å²) in [5, 5.41) is 2.55. The smallest absolute Gasteiger partial charge is 0.325 e. The zero-order valence-electron chi connectivity index (χ0n) is 12.8. The highest BCUT2D eigenvalue weighted by atomic mass is 19.4. The lowest BCUT2D eigenvalue weighted by molar-refractivity contribution is -0.137. The second kappa shape index (κ2) is 6.69. The maximum atomic E-state index is 12.6. The van der Waals surface area contributed by atoms with Gasteiger partial charge in [0.2, 0.25) is 5.91 Å². The Hall–Kier alpha value is -1.56. The number of piperidine rings is 1. The summed E-state index contributed by atoms with van der Waals surface area (Å²) >= 11 is 0. The first kappa shape index (κ1) is 16.8. The Morgan fingerprint density at radius 1 is 1.27 bits per heavy atom. The Morgan fingerprint density at radius 3 is 2.50 bits per heavy atom. The van der Waals surface area contributed by atoms with Gasteiger partial charge in [0.1, 0.15) is 0 Å². The van der Waals surface area contributed by atoms with Crippen LogP contribution in [-0.2, 0) is 11.0 Å². The first-order chi connectivity index (χ1) is 10.2. The molecular formula is C16H21F3N2O. The predicted octanol–water partition coefficient (Wildman–Crippen LogP) is 3.62. The predicted molar refractivity (Wildman–Crippen MR) is 79.5 cm³/mol. The zero-order valence-corrected chi connectivity index (χ0v) is 12.8. The Morgan fingerprint density at radius 2 is 1.91 bits per heavy atom. The molecule has 0 unspecified atom stereocenters. The molecule has 2 atom stereocenters. The highest BCUT2D eigenvalue weighted by Gasteiger charge is 2.30. The summed E-state index contributed by atoms with van der Waals surface area (Å²) in [6.07, 6.45) is -3.26. The molecule has 1 saturated heterocycles. The standard InChI is InChI=1S/C16H21F3N2O/c1-11-6-12(2)9-21(8-11)10-15(22)20-14-5-3-4-13(7-14)16(17,18)19/h3-5,7,11-12H,6,8-10H2,1-2H3,(H,20,22)/t11-,12-/m1/s1. The summed E-state index contributed by atoms with van der Waals surface area (Å²) in [6.45, 7) is 6.20. The van der Waals surface area contributed by atoms with Gasteiger partial charge in [0, 0.05) is 18.8 Å². The molecule has 122 valence electrons. The monoisotopic (exact) mass is 314 g/mol. The highest BCUT2D eigenvalue weighted by molar-refractivity contribution is 5.92. The Kier molecular flexibility index (Phi) is 5.11. The van der Waals surface area contributed by atoms with E-state index in [1.807, 2.05) is 0 Å². The second-order valence-electron chi connectivity index (χ2n) is 6.27. The van der Waals surface area contributed by atoms with Gasteiger partial charge in [0.15, 0.2) is 0 Å². The first-order valence-electron chi connectivity index (χ1n) is 7.43. The number of hydrogen-bond acceptors (Lipinski definition) is 2. The van der Waals surface area contributed by atoms with Crippen molar-refractivity contribution in [2.24, 2.45) is 11.8 Å². The summed E-state index contributed by atoms with van der Waals surface area (Å²) in [7, 11) is 0. The van der Waals surface area contributed by atoms with Crippen LogP contribution >= 0.6 is 0 Å². The number of amides is 1. The number of rotatable bonds is 3. The number of anilines is 1. The Bertz CT molecular complexity index is 520. The Labute approximate surface area is 128 Å². The van der Waals surface area contributed by atoms with Crippen LogP contribution in [0, 0.1) is 11.8 Å². The fraction of sp³-hybridized carbons (Fsp3) is 0.562. The molecule has 1 amide bonds. The molecule has 1 aromatic carbocycles. The number of hydrogen-bond donors (Lipinski definition) is 1. The van der Waals surface area contributed by atoms with Crippen molar-refractivity contribution in [2.75, 3.05) is 25.0 Å². The van der Waals surface area contributed by atoms with E-state index in [0.29, 0.717) is 11.8 Å². The van der Waals surface area contributed by atoms with Crippen LogP contribution in [0.4, 0.5) is 18.9 Å². The van der Waals surface area contributed by atoms with E-state index in [-0.39, 0.29) is 18.1 Å². The lowest BCUT2D eigenvalue weighted by Crippen LogP contribution is -2.42. The van der Waals surface area contributed by atoms with Crippen LogP contribution in [0.25, 0.3) is 0 Å². The quantitative estimate of drug-likeness (QED) is 0.924. The number of benzene rings is 1. The average Bonchev–Trinajstić information content (AvgIpc) is 2.36. The topological polar surface area (TPSA) is 32.3 Å². The van der Waals surface area contributed by atoms with E-state index in [4.69, 9.17) is 0 Å². The molecule has 1 heterocycles. The van der Waals surface area contributed by atoms with E-state index in [1.165, 1.54) is 12.1 Å². The molecule has 0 saturated carbocycles. The molecule has 1 aliphatic heterocycles. The minimum absolute atomic E-state index is 0.179. The van der Waals surface area contributed by atoms with Gasteiger partial charge in [0.05, 0.1) is 12.1 Å². The fourth-order valence-corrected chi connectivity index (χ4v) is 3.10. The molecule has 1 aliphatic rings. The molecular weight excluding hydrogens is 293 g/mol. The number of likely N-dealkylation sites (tertiary alicyclic amines) is 1. The SMILES string of the molecule is C[C@@H]1C[C@@H](C)CN(CC(=O)Nc2cccc(C(F)(F)F)c2)C1. The molecule has 0 radical (unpaired) electrons. The molecule has 6 heteroatoms. The maximum absolute atomic E-state index is 12.6. The average molecular weight is 314 g/mol. The Balaban J connectivity index is 1.95. The van der Waals surface area contributed by atoms with Crippen LogP contribution in [0.1, 0.15) is 25.8 Å². The van der Waals surface area contributed by atoms with Crippen LogP contribution in [-0.4, -0.2) is 30.4 Å². The number of nitrogens with one attached hydrogen (secondary N) is 1. The molecule has 0 aliphatic carbocycles. The molecule has 1 N–H and O–H groups in total. The van der Waals surface area contributed by atoms with Crippen molar-refractivity contribution in [1.29, 1.82) is 0 Å². The zero-order chi connectivity index (χ0) is 16.3. The maximum Gasteiger partial charge on any atom is 0.416 e. The normalized spacial score (nSPS) is 23.3. The number of halogens is 3. The van der Waals surface area contributed by atoms with Crippen molar-refractivity contribution in [1.82, 2.24) is 4.90 Å². The largest absolute Gasteiger partial charge is 0.416 e. The van der Waals surface area contributed by atoms with Crippen molar-refractivity contribution >= 4 is 11.6 Å². The van der Waals surface area contributed by atoms with Gasteiger partial charge in [-0.1, -0.05) is 19.9 Å². The summed E-state index contributed by atoms with van der Waals surface area (Å²) in [6, 6.07) is 4.71. The third-order valence-electron chi connectivity index (χ3n) is 3.79. The first-order valence-corrected chi connectivity index (χ1v) is 7.43. The lowest BCUT2D eigenvalue weighted by atomic mass is 9.92. The fourth-order valence-electron chi connectivity index (χ4n) is 3.10. The van der Waals surface area contributed by atoms with E-state index in [1.54, 1.807) is 0 Å². The molecule has 22 heavy (non-hydrogen) atoms. The van der Waals surface area contributed by atoms with Gasteiger partial charge in [-0.05, 0) is 36.5 Å². The van der Waals surface area contributed by atoms with Crippen LogP contribution in [0.3, 0.4) is 0 Å². The molecule has 0 aromatic heterocycles. The van der Waals surface area contributed by atoms with Gasteiger partial charge < -0.3 is 5.32 Å². The van der Waals surface area contributed by atoms with Crippen LogP contribution < -0.4 is 5.32 Å². The molecule has 0 bridgehead atoms. The minimum atomic E-state index is -4.40. The van der Waals surface area contributed by atoms with Crippen molar-refractivity contribution in [3.8, 4) is 0 Å². The van der Waals surface area contributed by atoms with Gasteiger partial charge >= 0.3 is 6.18 Å². The summed E-state index contributed by atoms with van der Waals surface area (Å²) in [5.74, 6) is 0.788. The summed E-state index contributed by atoms with van der Waals surface area (Å²) < 4.78 is 37.9.